The number of carbonyl (C=O) groups excluding carboxylic acids is 4. The van der Waals surface area contributed by atoms with Gasteiger partial charge >= 0.3 is 39.5 Å². The van der Waals surface area contributed by atoms with Crippen molar-refractivity contribution in [2.45, 2.75) is 419 Å². The third kappa shape index (κ3) is 67.9. The van der Waals surface area contributed by atoms with Gasteiger partial charge in [-0.15, -0.1) is 0 Å². The number of phosphoric acid groups is 2. The topological polar surface area (TPSA) is 237 Å². The summed E-state index contributed by atoms with van der Waals surface area (Å²) in [7, 11) is -9.91. The summed E-state index contributed by atoms with van der Waals surface area (Å²) in [4.78, 5) is 72.7. The lowest BCUT2D eigenvalue weighted by Crippen LogP contribution is -2.30. The van der Waals surface area contributed by atoms with Gasteiger partial charge in [-0.2, -0.15) is 0 Å². The smallest absolute Gasteiger partial charge is 0.462 e. The molecule has 0 aromatic carbocycles. The van der Waals surface area contributed by atoms with E-state index in [0.717, 1.165) is 108 Å². The van der Waals surface area contributed by atoms with Gasteiger partial charge in [0.05, 0.1) is 26.4 Å². The Kier molecular flexibility index (Phi) is 67.4. The van der Waals surface area contributed by atoms with Crippen LogP contribution in [0.1, 0.15) is 401 Å². The van der Waals surface area contributed by atoms with Crippen molar-refractivity contribution in [3.8, 4) is 0 Å². The zero-order valence-electron chi connectivity index (χ0n) is 62.7. The molecule has 0 aromatic rings. The number of hydrogen-bond acceptors (Lipinski definition) is 15. The van der Waals surface area contributed by atoms with Crippen molar-refractivity contribution in [1.82, 2.24) is 0 Å². The van der Waals surface area contributed by atoms with Gasteiger partial charge in [0.25, 0.3) is 0 Å². The van der Waals surface area contributed by atoms with Crippen LogP contribution in [-0.2, 0) is 65.4 Å². The molecule has 0 heterocycles. The molecule has 17 nitrogen and oxygen atoms in total. The summed E-state index contributed by atoms with van der Waals surface area (Å²) in [5.41, 5.74) is 0. The van der Waals surface area contributed by atoms with E-state index in [1.54, 1.807) is 0 Å². The quantitative estimate of drug-likeness (QED) is 0.0222. The number of unbranched alkanes of at least 4 members (excludes halogenated alkanes) is 44. The van der Waals surface area contributed by atoms with Gasteiger partial charge in [-0.1, -0.05) is 350 Å². The van der Waals surface area contributed by atoms with Crippen LogP contribution >= 0.6 is 15.6 Å². The molecule has 570 valence electrons. The Bertz CT molecular complexity index is 1860. The van der Waals surface area contributed by atoms with Gasteiger partial charge < -0.3 is 33.8 Å². The molecule has 0 bridgehead atoms. The first-order valence-corrected chi connectivity index (χ1v) is 43.1. The summed E-state index contributed by atoms with van der Waals surface area (Å²) < 4.78 is 68.5. The highest BCUT2D eigenvalue weighted by Gasteiger charge is 2.30. The van der Waals surface area contributed by atoms with E-state index in [1.165, 1.54) is 212 Å². The highest BCUT2D eigenvalue weighted by Crippen LogP contribution is 2.45. The number of ether oxygens (including phenoxy) is 4. The van der Waals surface area contributed by atoms with E-state index in [-0.39, 0.29) is 25.7 Å². The maximum atomic E-state index is 13.1. The second-order valence-electron chi connectivity index (χ2n) is 28.2. The Hall–Kier alpha value is -1.94. The molecule has 96 heavy (non-hydrogen) atoms. The summed E-state index contributed by atoms with van der Waals surface area (Å²) in [5, 5.41) is 10.6. The zero-order chi connectivity index (χ0) is 70.7. The number of aliphatic hydroxyl groups excluding tert-OH is 1. The van der Waals surface area contributed by atoms with E-state index >= 15 is 0 Å². The van der Waals surface area contributed by atoms with Crippen molar-refractivity contribution >= 4 is 39.5 Å². The highest BCUT2D eigenvalue weighted by atomic mass is 31.2. The molecule has 0 radical (unpaired) electrons. The van der Waals surface area contributed by atoms with Crippen LogP contribution in [0.25, 0.3) is 0 Å². The van der Waals surface area contributed by atoms with Gasteiger partial charge in [-0.05, 0) is 37.5 Å². The fourth-order valence-electron chi connectivity index (χ4n) is 11.8. The molecule has 0 aliphatic carbocycles. The van der Waals surface area contributed by atoms with Gasteiger partial charge in [-0.25, -0.2) is 9.13 Å². The van der Waals surface area contributed by atoms with Crippen molar-refractivity contribution < 1.29 is 80.2 Å². The van der Waals surface area contributed by atoms with Gasteiger partial charge in [0.15, 0.2) is 12.2 Å². The SMILES string of the molecule is CCCCCCCCCCCCCCCCC(=O)OC[C@H](COP(=O)(O)OC[C@@H](O)COP(=O)(O)OC[C@@H](COC(=O)CCCCCCCCCC)OC(=O)CCCCCCCCCCC(C)CC)OC(=O)CCCCCCCCCCCCCCCCCCCCC(C)CC. The first kappa shape index (κ1) is 94.1. The number of rotatable bonds is 76. The van der Waals surface area contributed by atoms with Crippen LogP contribution in [-0.4, -0.2) is 96.7 Å². The van der Waals surface area contributed by atoms with E-state index in [4.69, 9.17) is 37.0 Å². The summed E-state index contributed by atoms with van der Waals surface area (Å²) in [6.07, 6.45) is 56.9. The predicted octanol–water partition coefficient (Wildman–Crippen LogP) is 22.7. The molecule has 4 unspecified atom stereocenters. The summed E-state index contributed by atoms with van der Waals surface area (Å²) in [6, 6.07) is 0. The minimum absolute atomic E-state index is 0.105. The molecule has 7 atom stereocenters. The zero-order valence-corrected chi connectivity index (χ0v) is 64.5. The molecule has 0 aliphatic rings. The summed E-state index contributed by atoms with van der Waals surface area (Å²) in [5.74, 6) is -0.477. The lowest BCUT2D eigenvalue weighted by molar-refractivity contribution is -0.161. The standard InChI is InChI=1S/C77H150O17P2/c1-7-11-13-15-17-19-20-21-29-32-35-42-48-54-60-75(80)88-66-73(93-76(81)61-55-49-43-36-33-30-27-25-23-22-24-26-28-31-34-39-45-51-57-69(5)9-3)68-92-96(85,86)90-64-71(78)63-89-95(83,84)91-67-72(65-87-74(79)59-53-47-41-18-16-14-12-8-2)94-77(82)62-56-50-44-38-37-40-46-52-58-70(6)10-4/h69-73,78H,7-68H2,1-6H3,(H,83,84)(H,85,86)/t69?,70?,71-,72+,73+/m0/s1. The van der Waals surface area contributed by atoms with Gasteiger partial charge in [0, 0.05) is 25.7 Å². The van der Waals surface area contributed by atoms with Crippen molar-refractivity contribution in [2.24, 2.45) is 11.8 Å². The Morgan fingerprint density at radius 2 is 0.500 bits per heavy atom. The lowest BCUT2D eigenvalue weighted by atomic mass is 9.99. The van der Waals surface area contributed by atoms with E-state index in [2.05, 4.69) is 41.5 Å². The Balaban J connectivity index is 5.17. The Morgan fingerprint density at radius 3 is 0.740 bits per heavy atom. The molecule has 0 aliphatic heterocycles. The Morgan fingerprint density at radius 1 is 0.292 bits per heavy atom. The Labute approximate surface area is 588 Å². The first-order valence-electron chi connectivity index (χ1n) is 40.1. The van der Waals surface area contributed by atoms with Crippen molar-refractivity contribution in [3.63, 3.8) is 0 Å². The van der Waals surface area contributed by atoms with Gasteiger partial charge in [-0.3, -0.25) is 37.3 Å². The maximum Gasteiger partial charge on any atom is 0.472 e. The monoisotopic (exact) mass is 1410 g/mol. The third-order valence-electron chi connectivity index (χ3n) is 18.7. The predicted molar refractivity (Wildman–Crippen MR) is 391 cm³/mol. The first-order chi connectivity index (χ1) is 46.4. The van der Waals surface area contributed by atoms with E-state index in [0.29, 0.717) is 25.7 Å². The average molecular weight is 1410 g/mol. The summed E-state index contributed by atoms with van der Waals surface area (Å²) in [6.45, 7) is 9.64. The van der Waals surface area contributed by atoms with Crippen molar-refractivity contribution in [1.29, 1.82) is 0 Å². The van der Waals surface area contributed by atoms with Crippen molar-refractivity contribution in [2.75, 3.05) is 39.6 Å². The van der Waals surface area contributed by atoms with Gasteiger partial charge in [0.1, 0.15) is 19.3 Å². The molecule has 0 fully saturated rings. The van der Waals surface area contributed by atoms with Crippen LogP contribution in [0.5, 0.6) is 0 Å². The van der Waals surface area contributed by atoms with E-state index in [9.17, 15) is 43.2 Å². The minimum Gasteiger partial charge on any atom is -0.462 e. The number of phosphoric ester groups is 2. The molecule has 0 aromatic heterocycles. The molecule has 0 spiro atoms. The number of esters is 4. The normalized spacial score (nSPS) is 14.6. The molecule has 0 saturated heterocycles. The lowest BCUT2D eigenvalue weighted by Gasteiger charge is -2.21. The van der Waals surface area contributed by atoms with Crippen molar-refractivity contribution in [3.05, 3.63) is 0 Å². The van der Waals surface area contributed by atoms with Crippen LogP contribution in [0.3, 0.4) is 0 Å². The van der Waals surface area contributed by atoms with E-state index < -0.39 is 97.5 Å². The second kappa shape index (κ2) is 68.8. The molecular formula is C77H150O17P2. The molecular weight excluding hydrogens is 1260 g/mol. The maximum absolute atomic E-state index is 13.1. The molecule has 19 heteroatoms. The molecule has 0 rings (SSSR count). The van der Waals surface area contributed by atoms with Crippen LogP contribution in [0.4, 0.5) is 0 Å². The highest BCUT2D eigenvalue weighted by molar-refractivity contribution is 7.47. The van der Waals surface area contributed by atoms with Crippen LogP contribution in [0.15, 0.2) is 0 Å². The fraction of sp³-hybridized carbons (Fsp3) is 0.948. The largest absolute Gasteiger partial charge is 0.472 e. The minimum atomic E-state index is -4.96. The molecule has 0 amide bonds. The summed E-state index contributed by atoms with van der Waals surface area (Å²) >= 11 is 0. The average Bonchev–Trinajstić information content (AvgIpc) is 1.40. The third-order valence-corrected chi connectivity index (χ3v) is 20.6. The number of carbonyl (C=O) groups is 4. The van der Waals surface area contributed by atoms with E-state index in [1.807, 2.05) is 0 Å². The number of hydrogen-bond donors (Lipinski definition) is 3. The fourth-order valence-corrected chi connectivity index (χ4v) is 13.3. The number of aliphatic hydroxyl groups is 1. The van der Waals surface area contributed by atoms with Gasteiger partial charge in [0.2, 0.25) is 0 Å². The molecule has 3 N–H and O–H groups in total. The molecule has 0 saturated carbocycles. The van der Waals surface area contributed by atoms with Crippen LogP contribution < -0.4 is 0 Å². The van der Waals surface area contributed by atoms with Crippen LogP contribution in [0.2, 0.25) is 0 Å². The second-order valence-corrected chi connectivity index (χ2v) is 31.1. The van der Waals surface area contributed by atoms with Crippen LogP contribution in [0, 0.1) is 11.8 Å².